The zero-order chi connectivity index (χ0) is 42.6. The van der Waals surface area contributed by atoms with E-state index in [-0.39, 0.29) is 26.0 Å². The molecule has 308 valence electrons. The molecular weight excluding hydrogens is 895 g/mol. The molecule has 7 rings (SSSR count). The molecule has 60 heavy (non-hydrogen) atoms. The molecular formula is C47H44ClIN4O7. The van der Waals surface area contributed by atoms with Crippen molar-refractivity contribution in [3.05, 3.63) is 147 Å². The Morgan fingerprint density at radius 3 is 2.25 bits per heavy atom. The predicted molar refractivity (Wildman–Crippen MR) is 236 cm³/mol. The van der Waals surface area contributed by atoms with E-state index < -0.39 is 41.6 Å². The Bertz CT molecular complexity index is 2430. The molecule has 0 aliphatic carbocycles. The molecule has 0 fully saturated rings. The number of halogens is 2. The average molecular weight is 939 g/mol. The van der Waals surface area contributed by atoms with E-state index in [1.54, 1.807) is 12.1 Å². The van der Waals surface area contributed by atoms with Gasteiger partial charge in [-0.25, -0.2) is 9.59 Å². The average Bonchev–Trinajstić information content (AvgIpc) is 3.24. The van der Waals surface area contributed by atoms with E-state index >= 15 is 0 Å². The molecule has 2 aliphatic rings. The summed E-state index contributed by atoms with van der Waals surface area (Å²) in [4.78, 5) is 41.8. The number of nitriles is 1. The van der Waals surface area contributed by atoms with Crippen molar-refractivity contribution in [3.8, 4) is 34.4 Å². The standard InChI is InChI=1S/C47H44ClIN4O7/c1-47(2,3)52-46(57)53-25-36-22-42-41(59-27-43(60-42)33-13-15-37(16-14-33)58-26-30-8-17-38(48)35(18-30)23-49)21-34(36)20-40(53)44(54)51-39(45(55)56)19-28-4-9-31(10-5-28)32-11-6-29(24-50)7-12-32/h4-18,21-22,39-40,43H,19-20,23,25-27H2,1-3H3,(H,51,54)(H,52,57)(H,55,56)/t39-,40-,43?/m0/s1. The van der Waals surface area contributed by atoms with Crippen LogP contribution in [0.1, 0.15) is 65.8 Å². The fourth-order valence-electron chi connectivity index (χ4n) is 7.20. The van der Waals surface area contributed by atoms with Gasteiger partial charge in [-0.2, -0.15) is 5.26 Å². The third-order valence-corrected chi connectivity index (χ3v) is 11.6. The zero-order valence-corrected chi connectivity index (χ0v) is 36.3. The van der Waals surface area contributed by atoms with Crippen molar-refractivity contribution < 1.29 is 33.7 Å². The molecule has 0 radical (unpaired) electrons. The van der Waals surface area contributed by atoms with Crippen LogP contribution in [-0.4, -0.2) is 52.1 Å². The van der Waals surface area contributed by atoms with Crippen LogP contribution >= 0.6 is 34.2 Å². The molecule has 13 heteroatoms. The number of carbonyl (C=O) groups is 3. The van der Waals surface area contributed by atoms with Crippen LogP contribution in [-0.2, 0) is 40.0 Å². The fraction of sp³-hybridized carbons (Fsp3) is 0.277. The first-order chi connectivity index (χ1) is 28.8. The van der Waals surface area contributed by atoms with E-state index in [2.05, 4.69) is 45.4 Å². The summed E-state index contributed by atoms with van der Waals surface area (Å²) in [5, 5.41) is 25.8. The first-order valence-electron chi connectivity index (χ1n) is 19.5. The first-order valence-corrected chi connectivity index (χ1v) is 21.4. The summed E-state index contributed by atoms with van der Waals surface area (Å²) in [5.41, 5.74) is 7.09. The maximum absolute atomic E-state index is 14.1. The number of nitrogens with zero attached hydrogens (tertiary/aromatic N) is 2. The Kier molecular flexibility index (Phi) is 12.9. The van der Waals surface area contributed by atoms with E-state index in [1.807, 2.05) is 106 Å². The molecule has 1 unspecified atom stereocenters. The van der Waals surface area contributed by atoms with Crippen molar-refractivity contribution >= 4 is 52.1 Å². The topological polar surface area (TPSA) is 150 Å². The minimum absolute atomic E-state index is 0.0325. The Morgan fingerprint density at radius 1 is 0.933 bits per heavy atom. The lowest BCUT2D eigenvalue weighted by Crippen LogP contribution is -2.59. The second kappa shape index (κ2) is 18.2. The van der Waals surface area contributed by atoms with Gasteiger partial charge in [0.05, 0.1) is 11.6 Å². The van der Waals surface area contributed by atoms with E-state index in [0.717, 1.165) is 48.4 Å². The summed E-state index contributed by atoms with van der Waals surface area (Å²) in [6.45, 7) is 6.32. The maximum atomic E-state index is 14.1. The van der Waals surface area contributed by atoms with Crippen LogP contribution in [0.25, 0.3) is 11.1 Å². The predicted octanol–water partition coefficient (Wildman–Crippen LogP) is 8.95. The highest BCUT2D eigenvalue weighted by Gasteiger charge is 2.39. The number of carbonyl (C=O) groups excluding carboxylic acids is 2. The number of rotatable bonds is 11. The molecule has 5 aromatic carbocycles. The number of benzene rings is 5. The third-order valence-electron chi connectivity index (χ3n) is 10.4. The maximum Gasteiger partial charge on any atom is 0.326 e. The highest BCUT2D eigenvalue weighted by Crippen LogP contribution is 2.41. The Labute approximate surface area is 367 Å². The number of carboxylic acid groups (broad SMARTS) is 1. The Morgan fingerprint density at radius 2 is 1.60 bits per heavy atom. The third kappa shape index (κ3) is 10.1. The van der Waals surface area contributed by atoms with Crippen molar-refractivity contribution in [2.24, 2.45) is 0 Å². The molecule has 0 aromatic heterocycles. The van der Waals surface area contributed by atoms with Crippen LogP contribution in [0.2, 0.25) is 5.02 Å². The number of hydrogen-bond acceptors (Lipinski definition) is 7. The van der Waals surface area contributed by atoms with E-state index in [4.69, 9.17) is 31.1 Å². The van der Waals surface area contributed by atoms with E-state index in [1.165, 1.54) is 4.90 Å². The molecule has 11 nitrogen and oxygen atoms in total. The molecule has 2 heterocycles. The lowest BCUT2D eigenvalue weighted by atomic mass is 9.92. The number of fused-ring (bicyclic) bond motifs is 2. The second-order valence-electron chi connectivity index (χ2n) is 15.9. The van der Waals surface area contributed by atoms with Gasteiger partial charge in [0.15, 0.2) is 17.6 Å². The lowest BCUT2D eigenvalue weighted by Gasteiger charge is -2.39. The largest absolute Gasteiger partial charge is 0.489 e. The molecule has 0 bridgehead atoms. The Balaban J connectivity index is 1.04. The molecule has 2 aliphatic heterocycles. The highest BCUT2D eigenvalue weighted by atomic mass is 127. The summed E-state index contributed by atoms with van der Waals surface area (Å²) >= 11 is 8.56. The normalized spacial score (nSPS) is 16.2. The highest BCUT2D eigenvalue weighted by molar-refractivity contribution is 14.1. The monoisotopic (exact) mass is 938 g/mol. The van der Waals surface area contributed by atoms with Crippen molar-refractivity contribution in [1.29, 1.82) is 5.26 Å². The summed E-state index contributed by atoms with van der Waals surface area (Å²) in [7, 11) is 0. The minimum atomic E-state index is -1.25. The van der Waals surface area contributed by atoms with Gasteiger partial charge in [0.25, 0.3) is 0 Å². The molecule has 0 saturated carbocycles. The van der Waals surface area contributed by atoms with Gasteiger partial charge in [0.2, 0.25) is 5.91 Å². The number of alkyl halides is 1. The van der Waals surface area contributed by atoms with Crippen LogP contribution in [0, 0.1) is 11.3 Å². The number of nitrogens with one attached hydrogen (secondary N) is 2. The number of ether oxygens (including phenoxy) is 3. The van der Waals surface area contributed by atoms with Crippen molar-refractivity contribution in [2.75, 3.05) is 6.61 Å². The summed E-state index contributed by atoms with van der Waals surface area (Å²) in [5.74, 6) is -0.00599. The second-order valence-corrected chi connectivity index (χ2v) is 17.1. The van der Waals surface area contributed by atoms with Crippen LogP contribution in [0.15, 0.2) is 103 Å². The molecule has 5 aromatic rings. The van der Waals surface area contributed by atoms with Gasteiger partial charge in [-0.3, -0.25) is 4.79 Å². The SMILES string of the molecule is CC(C)(C)NC(=O)N1Cc2cc3c(cc2C[C@H]1C(=O)N[C@@H](Cc1ccc(-c2ccc(C#N)cc2)cc1)C(=O)O)OCC(c1ccc(OCc2ccc(Cl)c(CI)c2)cc1)O3. The summed E-state index contributed by atoms with van der Waals surface area (Å²) in [6.07, 6.45) is -0.221. The van der Waals surface area contributed by atoms with Crippen molar-refractivity contribution in [1.82, 2.24) is 15.5 Å². The molecule has 3 N–H and O–H groups in total. The van der Waals surface area contributed by atoms with Crippen LogP contribution < -0.4 is 24.8 Å². The van der Waals surface area contributed by atoms with Crippen LogP contribution in [0.5, 0.6) is 17.2 Å². The van der Waals surface area contributed by atoms with Gasteiger partial charge in [0.1, 0.15) is 31.0 Å². The van der Waals surface area contributed by atoms with Gasteiger partial charge in [-0.05, 0) is 108 Å². The first kappa shape index (κ1) is 42.3. The Hall–Kier alpha value is -5.78. The van der Waals surface area contributed by atoms with E-state index in [9.17, 15) is 19.5 Å². The van der Waals surface area contributed by atoms with Crippen LogP contribution in [0.4, 0.5) is 4.79 Å². The molecule has 0 saturated heterocycles. The van der Waals surface area contributed by atoms with Crippen molar-refractivity contribution in [3.63, 3.8) is 0 Å². The van der Waals surface area contributed by atoms with Gasteiger partial charge in [0, 0.05) is 34.4 Å². The number of amides is 3. The minimum Gasteiger partial charge on any atom is -0.489 e. The van der Waals surface area contributed by atoms with Gasteiger partial charge >= 0.3 is 12.0 Å². The van der Waals surface area contributed by atoms with Gasteiger partial charge in [-0.1, -0.05) is 94.9 Å². The molecule has 3 atom stereocenters. The number of carboxylic acids is 1. The molecule has 3 amide bonds. The van der Waals surface area contributed by atoms with Gasteiger partial charge in [-0.15, -0.1) is 0 Å². The lowest BCUT2D eigenvalue weighted by molar-refractivity contribution is -0.142. The zero-order valence-electron chi connectivity index (χ0n) is 33.3. The van der Waals surface area contributed by atoms with Crippen LogP contribution in [0.3, 0.4) is 0 Å². The van der Waals surface area contributed by atoms with E-state index in [0.29, 0.717) is 35.0 Å². The number of urea groups is 1. The quantitative estimate of drug-likeness (QED) is 0.0878. The summed E-state index contributed by atoms with van der Waals surface area (Å²) in [6, 6.07) is 31.3. The smallest absolute Gasteiger partial charge is 0.326 e. The number of aliphatic carboxylic acids is 1. The fourth-order valence-corrected chi connectivity index (χ4v) is 8.24. The number of hydrogen-bond donors (Lipinski definition) is 3. The molecule has 0 spiro atoms. The van der Waals surface area contributed by atoms with Crippen molar-refractivity contribution in [2.45, 2.75) is 74.9 Å². The van der Waals surface area contributed by atoms with Gasteiger partial charge < -0.3 is 34.9 Å². The summed E-state index contributed by atoms with van der Waals surface area (Å²) < 4.78 is 19.5.